The molecule has 0 saturated heterocycles. The topological polar surface area (TPSA) is 57.5 Å². The minimum Gasteiger partial charge on any atom is -0.395 e. The van der Waals surface area contributed by atoms with E-state index in [1.165, 1.54) is 5.57 Å². The van der Waals surface area contributed by atoms with Gasteiger partial charge >= 0.3 is 0 Å². The standard InChI is InChI=1S/C20H30O3/c1-12-14-4-3-13-15-5-6-18(23)19(15,2)9-7-16(13)20(14,11-21)10-8-17(12)22/h4,12-13,15-16,18,21,23H,3,5-11H2,1-2H3/t12-,13-,15-,16-,18-,19-,20+/m0/s1. The van der Waals surface area contributed by atoms with Crippen molar-refractivity contribution < 1.29 is 15.0 Å². The van der Waals surface area contributed by atoms with Crippen LogP contribution in [0.3, 0.4) is 0 Å². The molecule has 0 radical (unpaired) electrons. The van der Waals surface area contributed by atoms with Gasteiger partial charge in [0.1, 0.15) is 5.78 Å². The lowest BCUT2D eigenvalue weighted by atomic mass is 9.46. The SMILES string of the molecule is C[C@@H]1C(=O)CC[C@@]2(CO)C1=CC[C@@H]1[C@@H]2CC[C@]2(C)[C@@H](O)CC[C@@H]12. The van der Waals surface area contributed by atoms with Gasteiger partial charge in [-0.25, -0.2) is 0 Å². The normalized spacial score (nSPS) is 52.4. The molecule has 0 bridgehead atoms. The highest BCUT2D eigenvalue weighted by Gasteiger charge is 2.60. The molecule has 23 heavy (non-hydrogen) atoms. The van der Waals surface area contributed by atoms with Gasteiger partial charge in [0.05, 0.1) is 12.7 Å². The Morgan fingerprint density at radius 1 is 1.22 bits per heavy atom. The lowest BCUT2D eigenvalue weighted by Crippen LogP contribution is -2.54. The van der Waals surface area contributed by atoms with Crippen LogP contribution in [0.25, 0.3) is 0 Å². The second-order valence-electron chi connectivity index (χ2n) is 8.91. The minimum atomic E-state index is -0.162. The van der Waals surface area contributed by atoms with Crippen molar-refractivity contribution in [1.82, 2.24) is 0 Å². The molecular weight excluding hydrogens is 288 g/mol. The van der Waals surface area contributed by atoms with Crippen molar-refractivity contribution in [2.75, 3.05) is 6.61 Å². The van der Waals surface area contributed by atoms with Gasteiger partial charge in [-0.3, -0.25) is 4.79 Å². The van der Waals surface area contributed by atoms with Gasteiger partial charge in [0.15, 0.2) is 0 Å². The summed E-state index contributed by atoms with van der Waals surface area (Å²) in [7, 11) is 0. The monoisotopic (exact) mass is 318 g/mol. The molecule has 0 aromatic carbocycles. The van der Waals surface area contributed by atoms with E-state index in [1.54, 1.807) is 0 Å². The molecule has 0 aromatic heterocycles. The van der Waals surface area contributed by atoms with Crippen LogP contribution in [-0.4, -0.2) is 28.7 Å². The molecule has 3 nitrogen and oxygen atoms in total. The fourth-order valence-corrected chi connectivity index (χ4v) is 6.92. The van der Waals surface area contributed by atoms with E-state index >= 15 is 0 Å². The first kappa shape index (κ1) is 15.8. The fourth-order valence-electron chi connectivity index (χ4n) is 6.92. The van der Waals surface area contributed by atoms with Gasteiger partial charge in [0.2, 0.25) is 0 Å². The van der Waals surface area contributed by atoms with Crippen molar-refractivity contribution in [3.63, 3.8) is 0 Å². The predicted molar refractivity (Wildman–Crippen MR) is 88.7 cm³/mol. The molecule has 3 fully saturated rings. The largest absolute Gasteiger partial charge is 0.395 e. The van der Waals surface area contributed by atoms with Crippen LogP contribution in [0, 0.1) is 34.5 Å². The van der Waals surface area contributed by atoms with Crippen molar-refractivity contribution in [3.8, 4) is 0 Å². The number of carbonyl (C=O) groups is 1. The lowest BCUT2D eigenvalue weighted by Gasteiger charge is -2.58. The molecule has 0 aromatic rings. The van der Waals surface area contributed by atoms with Crippen LogP contribution in [0.5, 0.6) is 0 Å². The summed E-state index contributed by atoms with van der Waals surface area (Å²) < 4.78 is 0. The molecule has 0 spiro atoms. The van der Waals surface area contributed by atoms with Crippen LogP contribution < -0.4 is 0 Å². The Balaban J connectivity index is 1.74. The zero-order valence-electron chi connectivity index (χ0n) is 14.4. The van der Waals surface area contributed by atoms with E-state index in [0.717, 1.165) is 38.5 Å². The Hall–Kier alpha value is -0.670. The van der Waals surface area contributed by atoms with Crippen molar-refractivity contribution in [3.05, 3.63) is 11.6 Å². The average Bonchev–Trinajstić information content (AvgIpc) is 2.86. The van der Waals surface area contributed by atoms with E-state index in [-0.39, 0.29) is 29.5 Å². The van der Waals surface area contributed by atoms with E-state index in [9.17, 15) is 15.0 Å². The third-order valence-electron chi connectivity index (χ3n) is 8.33. The Labute approximate surface area is 139 Å². The summed E-state index contributed by atoms with van der Waals surface area (Å²) in [5.74, 6) is 1.97. The number of Topliss-reactive ketones (excluding diaryl/α,β-unsaturated/α-hetero) is 1. The molecular formula is C20H30O3. The number of carbonyl (C=O) groups excluding carboxylic acids is 1. The summed E-state index contributed by atoms with van der Waals surface area (Å²) >= 11 is 0. The lowest BCUT2D eigenvalue weighted by molar-refractivity contribution is -0.129. The summed E-state index contributed by atoms with van der Waals surface area (Å²) in [6.07, 6.45) is 8.83. The number of ketones is 1. The van der Waals surface area contributed by atoms with Crippen molar-refractivity contribution in [2.45, 2.75) is 64.9 Å². The Kier molecular flexibility index (Phi) is 3.55. The Bertz CT molecular complexity index is 553. The van der Waals surface area contributed by atoms with E-state index < -0.39 is 0 Å². The molecule has 3 heteroatoms. The highest BCUT2D eigenvalue weighted by atomic mass is 16.3. The van der Waals surface area contributed by atoms with Crippen LogP contribution in [0.4, 0.5) is 0 Å². The van der Waals surface area contributed by atoms with Crippen LogP contribution >= 0.6 is 0 Å². The highest BCUT2D eigenvalue weighted by Crippen LogP contribution is 2.65. The second-order valence-corrected chi connectivity index (χ2v) is 8.91. The summed E-state index contributed by atoms with van der Waals surface area (Å²) in [6, 6.07) is 0. The summed E-state index contributed by atoms with van der Waals surface area (Å²) in [5.41, 5.74) is 1.14. The van der Waals surface area contributed by atoms with Crippen LogP contribution in [0.1, 0.15) is 58.8 Å². The molecule has 2 N–H and O–H groups in total. The third-order valence-corrected chi connectivity index (χ3v) is 8.33. The molecule has 4 aliphatic rings. The molecule has 0 amide bonds. The molecule has 0 unspecified atom stereocenters. The number of hydrogen-bond donors (Lipinski definition) is 2. The van der Waals surface area contributed by atoms with Crippen LogP contribution in [0.15, 0.2) is 11.6 Å². The summed E-state index contributed by atoms with van der Waals surface area (Å²) in [5, 5.41) is 20.9. The van der Waals surface area contributed by atoms with Gasteiger partial charge in [-0.15, -0.1) is 0 Å². The molecule has 0 heterocycles. The second kappa shape index (κ2) is 5.16. The molecule has 128 valence electrons. The number of rotatable bonds is 1. The van der Waals surface area contributed by atoms with E-state index in [0.29, 0.717) is 30.0 Å². The van der Waals surface area contributed by atoms with E-state index in [4.69, 9.17) is 0 Å². The first-order valence-electron chi connectivity index (χ1n) is 9.46. The maximum absolute atomic E-state index is 12.2. The Morgan fingerprint density at radius 2 is 2.00 bits per heavy atom. The van der Waals surface area contributed by atoms with Gasteiger partial charge in [0.25, 0.3) is 0 Å². The number of fused-ring (bicyclic) bond motifs is 5. The molecule has 4 rings (SSSR count). The number of hydrogen-bond acceptors (Lipinski definition) is 3. The quantitative estimate of drug-likeness (QED) is 0.731. The van der Waals surface area contributed by atoms with Gasteiger partial charge < -0.3 is 10.2 Å². The number of aliphatic hydroxyl groups excluding tert-OH is 2. The van der Waals surface area contributed by atoms with Gasteiger partial charge in [-0.2, -0.15) is 0 Å². The predicted octanol–water partition coefficient (Wildman–Crippen LogP) is 3.10. The third kappa shape index (κ3) is 1.93. The van der Waals surface area contributed by atoms with Gasteiger partial charge in [-0.1, -0.05) is 25.5 Å². The van der Waals surface area contributed by atoms with Crippen molar-refractivity contribution in [1.29, 1.82) is 0 Å². The zero-order valence-corrected chi connectivity index (χ0v) is 14.4. The first-order valence-corrected chi connectivity index (χ1v) is 9.46. The fraction of sp³-hybridized carbons (Fsp3) is 0.850. The van der Waals surface area contributed by atoms with Gasteiger partial charge in [0, 0.05) is 17.8 Å². The number of aliphatic hydroxyl groups is 2. The smallest absolute Gasteiger partial charge is 0.139 e. The molecule has 4 aliphatic carbocycles. The van der Waals surface area contributed by atoms with Crippen molar-refractivity contribution >= 4 is 5.78 Å². The number of allylic oxidation sites excluding steroid dienone is 1. The van der Waals surface area contributed by atoms with Crippen molar-refractivity contribution in [2.24, 2.45) is 34.5 Å². The van der Waals surface area contributed by atoms with Crippen LogP contribution in [0.2, 0.25) is 0 Å². The summed E-state index contributed by atoms with van der Waals surface area (Å²) in [6.45, 7) is 4.50. The van der Waals surface area contributed by atoms with E-state index in [1.807, 2.05) is 6.92 Å². The van der Waals surface area contributed by atoms with E-state index in [2.05, 4.69) is 13.0 Å². The molecule has 7 atom stereocenters. The van der Waals surface area contributed by atoms with Crippen LogP contribution in [-0.2, 0) is 4.79 Å². The first-order chi connectivity index (χ1) is 10.9. The Morgan fingerprint density at radius 3 is 2.74 bits per heavy atom. The maximum atomic E-state index is 12.2. The highest BCUT2D eigenvalue weighted by molar-refractivity contribution is 5.85. The zero-order chi connectivity index (χ0) is 16.4. The van der Waals surface area contributed by atoms with Gasteiger partial charge in [-0.05, 0) is 61.7 Å². The average molecular weight is 318 g/mol. The minimum absolute atomic E-state index is 0.0145. The maximum Gasteiger partial charge on any atom is 0.139 e. The summed E-state index contributed by atoms with van der Waals surface area (Å²) in [4.78, 5) is 12.2. The molecule has 3 saturated carbocycles. The molecule has 0 aliphatic heterocycles.